The van der Waals surface area contributed by atoms with Gasteiger partial charge in [0.15, 0.2) is 0 Å². The van der Waals surface area contributed by atoms with E-state index in [0.717, 1.165) is 11.3 Å². The lowest BCUT2D eigenvalue weighted by molar-refractivity contribution is 0.0964. The van der Waals surface area contributed by atoms with Gasteiger partial charge in [0.1, 0.15) is 5.75 Å². The van der Waals surface area contributed by atoms with Crippen molar-refractivity contribution < 1.29 is 14.3 Å². The minimum absolute atomic E-state index is 0.311. The van der Waals surface area contributed by atoms with Crippen LogP contribution in [-0.4, -0.2) is 19.0 Å². The molecule has 0 bridgehead atoms. The quantitative estimate of drug-likeness (QED) is 0.905. The van der Waals surface area contributed by atoms with Gasteiger partial charge in [0.05, 0.1) is 7.11 Å². The fourth-order valence-electron chi connectivity index (χ4n) is 1.77. The first-order valence-corrected chi connectivity index (χ1v) is 6.46. The molecule has 108 valence electrons. The molecule has 21 heavy (non-hydrogen) atoms. The van der Waals surface area contributed by atoms with Crippen molar-refractivity contribution >= 4 is 11.9 Å². The number of urea groups is 1. The number of imide groups is 1. The molecule has 0 radical (unpaired) electrons. The molecule has 0 heterocycles. The first-order valence-electron chi connectivity index (χ1n) is 6.46. The Hall–Kier alpha value is -2.82. The zero-order valence-corrected chi connectivity index (χ0v) is 11.6. The van der Waals surface area contributed by atoms with E-state index in [-0.39, 0.29) is 0 Å². The first kappa shape index (κ1) is 14.6. The minimum atomic E-state index is -0.535. The normalized spacial score (nSPS) is 9.76. The summed E-state index contributed by atoms with van der Waals surface area (Å²) in [5.74, 6) is 0.286. The summed E-state index contributed by atoms with van der Waals surface area (Å²) in [6.45, 7) is 0.311. The van der Waals surface area contributed by atoms with Gasteiger partial charge in [0.2, 0.25) is 0 Å². The molecular formula is C16H16N2O3. The Morgan fingerprint density at radius 3 is 2.52 bits per heavy atom. The highest BCUT2D eigenvalue weighted by atomic mass is 16.5. The van der Waals surface area contributed by atoms with E-state index in [2.05, 4.69) is 10.6 Å². The van der Waals surface area contributed by atoms with Crippen LogP contribution in [0, 0.1) is 0 Å². The van der Waals surface area contributed by atoms with Crippen molar-refractivity contribution in [3.05, 3.63) is 65.7 Å². The van der Waals surface area contributed by atoms with E-state index in [1.54, 1.807) is 37.4 Å². The molecule has 2 aromatic rings. The maximum Gasteiger partial charge on any atom is 0.321 e. The second-order valence-electron chi connectivity index (χ2n) is 4.35. The molecule has 0 aliphatic carbocycles. The predicted molar refractivity (Wildman–Crippen MR) is 79.1 cm³/mol. The van der Waals surface area contributed by atoms with Crippen LogP contribution in [0.15, 0.2) is 54.6 Å². The van der Waals surface area contributed by atoms with Crippen molar-refractivity contribution in [2.75, 3.05) is 7.11 Å². The summed E-state index contributed by atoms with van der Waals surface area (Å²) in [5, 5.41) is 4.90. The molecular weight excluding hydrogens is 268 g/mol. The Kier molecular flexibility index (Phi) is 4.93. The van der Waals surface area contributed by atoms with Crippen LogP contribution in [-0.2, 0) is 6.54 Å². The molecule has 5 nitrogen and oxygen atoms in total. The maximum atomic E-state index is 11.8. The number of carbonyl (C=O) groups is 2. The van der Waals surface area contributed by atoms with Gasteiger partial charge in [-0.1, -0.05) is 30.3 Å². The average molecular weight is 284 g/mol. The Balaban J connectivity index is 1.86. The Morgan fingerprint density at radius 2 is 1.81 bits per heavy atom. The predicted octanol–water partition coefficient (Wildman–Crippen LogP) is 2.33. The van der Waals surface area contributed by atoms with Gasteiger partial charge in [-0.3, -0.25) is 10.1 Å². The Labute approximate surface area is 122 Å². The molecule has 5 heteroatoms. The van der Waals surface area contributed by atoms with Crippen molar-refractivity contribution in [1.82, 2.24) is 10.6 Å². The van der Waals surface area contributed by atoms with Gasteiger partial charge >= 0.3 is 6.03 Å². The van der Waals surface area contributed by atoms with Gasteiger partial charge in [0.25, 0.3) is 5.91 Å². The van der Waals surface area contributed by atoms with E-state index in [9.17, 15) is 9.59 Å². The SMILES string of the molecule is COc1cccc(CNC(=O)NC(=O)c2ccccc2)c1. The van der Waals surface area contributed by atoms with Gasteiger partial charge in [0, 0.05) is 12.1 Å². The lowest BCUT2D eigenvalue weighted by atomic mass is 10.2. The molecule has 0 fully saturated rings. The zero-order valence-electron chi connectivity index (χ0n) is 11.6. The molecule has 0 atom stereocenters. The smallest absolute Gasteiger partial charge is 0.321 e. The molecule has 0 saturated carbocycles. The van der Waals surface area contributed by atoms with Crippen molar-refractivity contribution in [2.45, 2.75) is 6.54 Å². The van der Waals surface area contributed by atoms with Crippen molar-refractivity contribution in [3.8, 4) is 5.75 Å². The molecule has 3 amide bonds. The average Bonchev–Trinajstić information content (AvgIpc) is 2.54. The molecule has 0 aliphatic heterocycles. The van der Waals surface area contributed by atoms with Crippen LogP contribution >= 0.6 is 0 Å². The molecule has 2 rings (SSSR count). The van der Waals surface area contributed by atoms with Crippen LogP contribution in [0.1, 0.15) is 15.9 Å². The third-order valence-corrected chi connectivity index (χ3v) is 2.85. The summed E-state index contributed by atoms with van der Waals surface area (Å²) >= 11 is 0. The molecule has 0 saturated heterocycles. The standard InChI is InChI=1S/C16H16N2O3/c1-21-14-9-5-6-12(10-14)11-17-16(20)18-15(19)13-7-3-2-4-8-13/h2-10H,11H2,1H3,(H2,17,18,19,20). The number of ether oxygens (including phenoxy) is 1. The molecule has 0 aromatic heterocycles. The number of nitrogens with one attached hydrogen (secondary N) is 2. The first-order chi connectivity index (χ1) is 10.2. The fraction of sp³-hybridized carbons (Fsp3) is 0.125. The van der Waals surface area contributed by atoms with Gasteiger partial charge in [-0.15, -0.1) is 0 Å². The van der Waals surface area contributed by atoms with Gasteiger partial charge in [-0.25, -0.2) is 4.79 Å². The lowest BCUT2D eigenvalue weighted by Crippen LogP contribution is -2.39. The van der Waals surface area contributed by atoms with Crippen LogP contribution in [0.3, 0.4) is 0 Å². The van der Waals surface area contributed by atoms with E-state index < -0.39 is 11.9 Å². The van der Waals surface area contributed by atoms with Crippen molar-refractivity contribution in [3.63, 3.8) is 0 Å². The maximum absolute atomic E-state index is 11.8. The van der Waals surface area contributed by atoms with E-state index >= 15 is 0 Å². The Morgan fingerprint density at radius 1 is 1.05 bits per heavy atom. The number of methoxy groups -OCH3 is 1. The van der Waals surface area contributed by atoms with E-state index in [1.165, 1.54) is 0 Å². The van der Waals surface area contributed by atoms with Crippen LogP contribution in [0.2, 0.25) is 0 Å². The minimum Gasteiger partial charge on any atom is -0.497 e. The molecule has 2 N–H and O–H groups in total. The monoisotopic (exact) mass is 284 g/mol. The topological polar surface area (TPSA) is 67.4 Å². The number of rotatable bonds is 4. The molecule has 0 spiro atoms. The summed E-state index contributed by atoms with van der Waals surface area (Å²) in [6.07, 6.45) is 0. The lowest BCUT2D eigenvalue weighted by Gasteiger charge is -2.08. The highest BCUT2D eigenvalue weighted by Crippen LogP contribution is 2.12. The molecule has 0 unspecified atom stereocenters. The largest absolute Gasteiger partial charge is 0.497 e. The van der Waals surface area contributed by atoms with Crippen LogP contribution < -0.4 is 15.4 Å². The number of benzene rings is 2. The second kappa shape index (κ2) is 7.09. The van der Waals surface area contributed by atoms with E-state index in [1.807, 2.05) is 24.3 Å². The van der Waals surface area contributed by atoms with Gasteiger partial charge in [-0.2, -0.15) is 0 Å². The van der Waals surface area contributed by atoms with Crippen LogP contribution in [0.5, 0.6) is 5.75 Å². The van der Waals surface area contributed by atoms with Crippen LogP contribution in [0.4, 0.5) is 4.79 Å². The number of hydrogen-bond acceptors (Lipinski definition) is 3. The van der Waals surface area contributed by atoms with E-state index in [4.69, 9.17) is 4.74 Å². The highest BCUT2D eigenvalue weighted by molar-refractivity contribution is 6.04. The van der Waals surface area contributed by atoms with Gasteiger partial charge in [-0.05, 0) is 29.8 Å². The third-order valence-electron chi connectivity index (χ3n) is 2.85. The molecule has 2 aromatic carbocycles. The van der Waals surface area contributed by atoms with Crippen LogP contribution in [0.25, 0.3) is 0 Å². The number of carbonyl (C=O) groups excluding carboxylic acids is 2. The summed E-state index contributed by atoms with van der Waals surface area (Å²) in [4.78, 5) is 23.5. The Bertz CT molecular complexity index is 626. The fourth-order valence-corrected chi connectivity index (χ4v) is 1.77. The zero-order chi connectivity index (χ0) is 15.1. The van der Waals surface area contributed by atoms with Crippen molar-refractivity contribution in [1.29, 1.82) is 0 Å². The number of amides is 3. The summed E-state index contributed by atoms with van der Waals surface area (Å²) in [6, 6.07) is 15.4. The molecule has 0 aliphatic rings. The third kappa shape index (κ3) is 4.35. The number of hydrogen-bond donors (Lipinski definition) is 2. The summed E-state index contributed by atoms with van der Waals surface area (Å²) < 4.78 is 5.10. The second-order valence-corrected chi connectivity index (χ2v) is 4.35. The van der Waals surface area contributed by atoms with Gasteiger partial charge < -0.3 is 10.1 Å². The summed E-state index contributed by atoms with van der Waals surface area (Å²) in [7, 11) is 1.58. The van der Waals surface area contributed by atoms with Crippen molar-refractivity contribution in [2.24, 2.45) is 0 Å². The highest BCUT2D eigenvalue weighted by Gasteiger charge is 2.09. The summed E-state index contributed by atoms with van der Waals surface area (Å²) in [5.41, 5.74) is 1.32. The van der Waals surface area contributed by atoms with E-state index in [0.29, 0.717) is 12.1 Å².